The molecule has 3 aliphatic rings. The van der Waals surface area contributed by atoms with Crippen molar-refractivity contribution in [1.29, 1.82) is 0 Å². The summed E-state index contributed by atoms with van der Waals surface area (Å²) in [7, 11) is 1.75. The maximum atomic E-state index is 14.4. The molecule has 1 heterocycles. The highest BCUT2D eigenvalue weighted by Crippen LogP contribution is 2.65. The predicted octanol–water partition coefficient (Wildman–Crippen LogP) is 2.36. The van der Waals surface area contributed by atoms with E-state index in [1.165, 1.54) is 11.0 Å². The zero-order valence-electron chi connectivity index (χ0n) is 32.0. The van der Waals surface area contributed by atoms with E-state index in [1.807, 2.05) is 48.5 Å². The Kier molecular flexibility index (Phi) is 11.3. The number of hydrogen-bond acceptors (Lipinski definition) is 8. The fourth-order valence-corrected chi connectivity index (χ4v) is 7.61. The lowest BCUT2D eigenvalue weighted by Crippen LogP contribution is -2.62. The molecule has 0 radical (unpaired) electrons. The first-order valence-electron chi connectivity index (χ1n) is 18.2. The summed E-state index contributed by atoms with van der Waals surface area (Å²) in [6.07, 6.45) is 4.03. The molecule has 1 aromatic rings. The molecule has 2 saturated carbocycles. The van der Waals surface area contributed by atoms with E-state index in [9.17, 15) is 33.6 Å². The van der Waals surface area contributed by atoms with Gasteiger partial charge in [-0.3, -0.25) is 28.8 Å². The van der Waals surface area contributed by atoms with E-state index in [0.29, 0.717) is 24.2 Å². The van der Waals surface area contributed by atoms with Gasteiger partial charge in [-0.2, -0.15) is 0 Å². The van der Waals surface area contributed by atoms with Crippen LogP contribution in [0.1, 0.15) is 99.5 Å². The van der Waals surface area contributed by atoms with Crippen LogP contribution in [0.3, 0.4) is 0 Å². The molecular weight excluding hydrogens is 652 g/mol. The lowest BCUT2D eigenvalue weighted by molar-refractivity contribution is -0.145. The van der Waals surface area contributed by atoms with Crippen LogP contribution in [-0.2, 0) is 19.2 Å². The van der Waals surface area contributed by atoms with Crippen molar-refractivity contribution >= 4 is 35.2 Å². The van der Waals surface area contributed by atoms with Crippen molar-refractivity contribution in [3.63, 3.8) is 0 Å². The number of rotatable bonds is 15. The molecule has 6 atom stereocenters. The van der Waals surface area contributed by atoms with Gasteiger partial charge in [-0.25, -0.2) is 4.79 Å². The Bertz CT molecular complexity index is 1620. The Morgan fingerprint density at radius 1 is 0.980 bits per heavy atom. The molecule has 1 unspecified atom stereocenters. The van der Waals surface area contributed by atoms with Crippen molar-refractivity contribution in [3.05, 3.63) is 38.7 Å². The molecule has 13 heteroatoms. The van der Waals surface area contributed by atoms with Gasteiger partial charge in [0.15, 0.2) is 0 Å². The maximum Gasteiger partial charge on any atom is 0.315 e. The van der Waals surface area contributed by atoms with Gasteiger partial charge >= 0.3 is 6.03 Å². The highest BCUT2D eigenvalue weighted by atomic mass is 16.2. The van der Waals surface area contributed by atoms with Crippen molar-refractivity contribution in [2.75, 3.05) is 31.6 Å². The van der Waals surface area contributed by atoms with Gasteiger partial charge in [-0.1, -0.05) is 74.8 Å². The van der Waals surface area contributed by atoms with Crippen LogP contribution in [-0.4, -0.2) is 85.3 Å². The van der Waals surface area contributed by atoms with Gasteiger partial charge in [0.2, 0.25) is 28.5 Å². The fraction of sp³-hybridized carbons (Fsp3) is 0.711. The van der Waals surface area contributed by atoms with Gasteiger partial charge in [0.05, 0.1) is 17.8 Å². The summed E-state index contributed by atoms with van der Waals surface area (Å²) in [5.74, 6) is -2.45. The van der Waals surface area contributed by atoms with E-state index in [0.717, 1.165) is 12.8 Å². The summed E-state index contributed by atoms with van der Waals surface area (Å²) in [4.78, 5) is 95.8. The van der Waals surface area contributed by atoms with Gasteiger partial charge in [0.25, 0.3) is 5.91 Å². The molecular formula is C38H58N6O7. The summed E-state index contributed by atoms with van der Waals surface area (Å²) in [6, 6.07) is -3.99. The Morgan fingerprint density at radius 3 is 2.14 bits per heavy atom. The lowest BCUT2D eigenvalue weighted by Gasteiger charge is -2.39. The second-order valence-electron chi connectivity index (χ2n) is 17.5. The normalized spacial score (nSPS) is 22.6. The Morgan fingerprint density at radius 2 is 1.61 bits per heavy atom. The highest BCUT2D eigenvalue weighted by Gasteiger charge is 2.70. The smallest absolute Gasteiger partial charge is 0.315 e. The Labute approximate surface area is 301 Å². The van der Waals surface area contributed by atoms with E-state index < -0.39 is 75.4 Å². The molecule has 51 heavy (non-hydrogen) atoms. The van der Waals surface area contributed by atoms with E-state index in [4.69, 9.17) is 0 Å². The highest BCUT2D eigenvalue weighted by molar-refractivity contribution is 6.38. The first kappa shape index (κ1) is 39.8. The monoisotopic (exact) mass is 710 g/mol. The van der Waals surface area contributed by atoms with Gasteiger partial charge < -0.3 is 31.1 Å². The van der Waals surface area contributed by atoms with Crippen molar-refractivity contribution in [1.82, 2.24) is 26.2 Å². The molecule has 4 N–H and O–H groups in total. The predicted molar refractivity (Wildman–Crippen MR) is 196 cm³/mol. The van der Waals surface area contributed by atoms with E-state index in [-0.39, 0.29) is 42.7 Å². The van der Waals surface area contributed by atoms with Crippen LogP contribution in [0.2, 0.25) is 0 Å². The van der Waals surface area contributed by atoms with Crippen LogP contribution in [0.4, 0.5) is 10.5 Å². The number of likely N-dealkylation sites (N-methyl/N-ethyl adjacent to an activating group) is 1. The molecule has 5 amide bonds. The summed E-state index contributed by atoms with van der Waals surface area (Å²) >= 11 is 0. The fourth-order valence-electron chi connectivity index (χ4n) is 7.61. The van der Waals surface area contributed by atoms with Gasteiger partial charge in [0, 0.05) is 32.2 Å². The van der Waals surface area contributed by atoms with Crippen LogP contribution < -0.4 is 37.0 Å². The molecule has 0 aromatic heterocycles. The average Bonchev–Trinajstić information content (AvgIpc) is 3.90. The third-order valence-electron chi connectivity index (χ3n) is 11.1. The number of piperidine rings is 1. The van der Waals surface area contributed by atoms with E-state index >= 15 is 0 Å². The van der Waals surface area contributed by atoms with Crippen LogP contribution in [0.5, 0.6) is 0 Å². The standard InChI is InChI=1S/C38H58N6O7/c1-12-14-22(28(45)33(49)39-17-13-2)40-32(48)27-25-21(38(25,9)10)18-44(27)34(50)31(37(6,7)8)42-35(51)41-23(36(3,4)5)19-43(11)26-24(20-15-16-20)29(46)30(26)47/h13,20-23,25,27,31H,2,12,14-19H2,1,3-11H3,(H,39,49)(H,40,48)(H2,41,42,51)/t21-,22?,23+,25-,27-,31+/m0/s1. The van der Waals surface area contributed by atoms with Crippen LogP contribution in [0.25, 0.3) is 0 Å². The summed E-state index contributed by atoms with van der Waals surface area (Å²) in [5.41, 5.74) is -1.32. The first-order valence-corrected chi connectivity index (χ1v) is 18.2. The van der Waals surface area contributed by atoms with Gasteiger partial charge in [-0.15, -0.1) is 6.58 Å². The zero-order chi connectivity index (χ0) is 38.4. The molecule has 282 valence electrons. The summed E-state index contributed by atoms with van der Waals surface area (Å²) in [5, 5.41) is 11.2. The number of urea groups is 1. The van der Waals surface area contributed by atoms with Crippen molar-refractivity contribution in [2.24, 2.45) is 28.1 Å². The quantitative estimate of drug-likeness (QED) is 0.159. The average molecular weight is 711 g/mol. The topological polar surface area (TPSA) is 174 Å². The zero-order valence-corrected chi connectivity index (χ0v) is 32.0. The molecule has 1 saturated heterocycles. The molecule has 2 aliphatic carbocycles. The van der Waals surface area contributed by atoms with E-state index in [2.05, 4.69) is 41.7 Å². The number of Topliss-reactive ketones (excluding diaryl/α,β-unsaturated/α-hetero) is 1. The number of nitrogens with zero attached hydrogens (tertiary/aromatic N) is 2. The molecule has 13 nitrogen and oxygen atoms in total. The molecule has 3 fully saturated rings. The largest absolute Gasteiger partial charge is 0.369 e. The van der Waals surface area contributed by atoms with Crippen LogP contribution in [0.15, 0.2) is 22.2 Å². The summed E-state index contributed by atoms with van der Waals surface area (Å²) < 4.78 is 0. The number of carbonyl (C=O) groups excluding carboxylic acids is 5. The minimum Gasteiger partial charge on any atom is -0.369 e. The third kappa shape index (κ3) is 8.22. The van der Waals surface area contributed by atoms with Crippen molar-refractivity contribution in [2.45, 2.75) is 118 Å². The first-order chi connectivity index (χ1) is 23.6. The molecule has 0 spiro atoms. The Balaban J connectivity index is 1.52. The second kappa shape index (κ2) is 14.5. The molecule has 0 bridgehead atoms. The SMILES string of the molecule is C=CCNC(=O)C(=O)C(CCC)NC(=O)[C@@H]1[C@@H]2[C@H](CN1C(=O)[C@@H](NC(=O)N[C@H](CN(C)c1c(C3CC3)c(=O)c1=O)C(C)(C)C)C(C)(C)C)C2(C)C. The second-order valence-corrected chi connectivity index (χ2v) is 17.5. The van der Waals surface area contributed by atoms with Crippen LogP contribution >= 0.6 is 0 Å². The van der Waals surface area contributed by atoms with Crippen molar-refractivity contribution < 1.29 is 24.0 Å². The number of anilines is 1. The van der Waals surface area contributed by atoms with Gasteiger partial charge in [-0.05, 0) is 53.3 Å². The number of ketones is 1. The van der Waals surface area contributed by atoms with Gasteiger partial charge in [0.1, 0.15) is 12.1 Å². The third-order valence-corrected chi connectivity index (χ3v) is 11.1. The molecule has 4 rings (SSSR count). The number of amides is 5. The number of hydrogen-bond donors (Lipinski definition) is 4. The summed E-state index contributed by atoms with van der Waals surface area (Å²) in [6.45, 7) is 21.6. The number of carbonyl (C=O) groups is 5. The minimum atomic E-state index is -1.05. The lowest BCUT2D eigenvalue weighted by atomic mass is 9.84. The molecule has 1 aliphatic heterocycles. The number of nitrogens with one attached hydrogen (secondary N) is 4. The maximum absolute atomic E-state index is 14.4. The minimum absolute atomic E-state index is 0.0552. The molecule has 1 aromatic carbocycles. The van der Waals surface area contributed by atoms with Crippen LogP contribution in [0, 0.1) is 28.1 Å². The Hall–Kier alpha value is -4.03. The number of likely N-dealkylation sites (tertiary alicyclic amines) is 1. The van der Waals surface area contributed by atoms with E-state index in [1.54, 1.807) is 11.9 Å². The van der Waals surface area contributed by atoms with Crippen molar-refractivity contribution in [3.8, 4) is 0 Å². The number of fused-ring (bicyclic) bond motifs is 1.